The second kappa shape index (κ2) is 8.16. The SMILES string of the molecule is COCCc1cc(NC(=O)NCC2CC(c3ccccc3)C2)n(C)n1. The lowest BCUT2D eigenvalue weighted by Gasteiger charge is -2.35. The smallest absolute Gasteiger partial charge is 0.320 e. The quantitative estimate of drug-likeness (QED) is 0.813. The standard InChI is InChI=1S/C19H26N4O2/c1-23-18(12-17(22-23)8-9-25-2)21-19(24)20-13-14-10-16(11-14)15-6-4-3-5-7-15/h3-7,12,14,16H,8-11,13H2,1-2H3,(H2,20,21,24). The van der Waals surface area contributed by atoms with Crippen LogP contribution in [0.15, 0.2) is 36.4 Å². The minimum atomic E-state index is -0.176. The molecular formula is C19H26N4O2. The number of nitrogens with zero attached hydrogens (tertiary/aromatic N) is 2. The largest absolute Gasteiger partial charge is 0.384 e. The molecule has 0 radical (unpaired) electrons. The first kappa shape index (κ1) is 17.5. The Morgan fingerprint density at radius 1 is 1.32 bits per heavy atom. The maximum Gasteiger partial charge on any atom is 0.320 e. The molecule has 0 aliphatic heterocycles. The van der Waals surface area contributed by atoms with Crippen molar-refractivity contribution in [2.24, 2.45) is 13.0 Å². The van der Waals surface area contributed by atoms with E-state index in [-0.39, 0.29) is 6.03 Å². The topological polar surface area (TPSA) is 68.2 Å². The number of benzene rings is 1. The highest BCUT2D eigenvalue weighted by atomic mass is 16.5. The number of ether oxygens (including phenoxy) is 1. The van der Waals surface area contributed by atoms with Crippen LogP contribution in [0.4, 0.5) is 10.6 Å². The van der Waals surface area contributed by atoms with Gasteiger partial charge in [-0.25, -0.2) is 4.79 Å². The van der Waals surface area contributed by atoms with Crippen molar-refractivity contribution in [2.75, 3.05) is 25.6 Å². The van der Waals surface area contributed by atoms with Gasteiger partial charge in [0.1, 0.15) is 5.82 Å². The summed E-state index contributed by atoms with van der Waals surface area (Å²) >= 11 is 0. The third-order valence-corrected chi connectivity index (χ3v) is 4.79. The van der Waals surface area contributed by atoms with Crippen LogP contribution in [-0.2, 0) is 18.2 Å². The van der Waals surface area contributed by atoms with Gasteiger partial charge in [-0.3, -0.25) is 10.00 Å². The van der Waals surface area contributed by atoms with Crippen molar-refractivity contribution in [3.63, 3.8) is 0 Å². The first-order valence-electron chi connectivity index (χ1n) is 8.77. The third kappa shape index (κ3) is 4.60. The molecule has 2 N–H and O–H groups in total. The molecule has 0 spiro atoms. The average Bonchev–Trinajstić information content (AvgIpc) is 2.92. The summed E-state index contributed by atoms with van der Waals surface area (Å²) in [6.45, 7) is 1.33. The maximum absolute atomic E-state index is 12.1. The molecule has 0 bridgehead atoms. The fourth-order valence-electron chi connectivity index (χ4n) is 3.27. The number of rotatable bonds is 7. The number of carbonyl (C=O) groups excluding carboxylic acids is 1. The van der Waals surface area contributed by atoms with Crippen molar-refractivity contribution in [3.05, 3.63) is 47.7 Å². The van der Waals surface area contributed by atoms with E-state index in [2.05, 4.69) is 40.0 Å². The van der Waals surface area contributed by atoms with Crippen molar-refractivity contribution in [3.8, 4) is 0 Å². The Morgan fingerprint density at radius 2 is 2.08 bits per heavy atom. The van der Waals surface area contributed by atoms with Crippen LogP contribution in [0.1, 0.15) is 30.0 Å². The third-order valence-electron chi connectivity index (χ3n) is 4.79. The van der Waals surface area contributed by atoms with Gasteiger partial charge in [-0.15, -0.1) is 0 Å². The Morgan fingerprint density at radius 3 is 2.80 bits per heavy atom. The van der Waals surface area contributed by atoms with Gasteiger partial charge in [0.25, 0.3) is 0 Å². The van der Waals surface area contributed by atoms with Gasteiger partial charge in [0, 0.05) is 33.2 Å². The van der Waals surface area contributed by atoms with Crippen LogP contribution in [0.2, 0.25) is 0 Å². The maximum atomic E-state index is 12.1. The van der Waals surface area contributed by atoms with Crippen LogP contribution in [0.5, 0.6) is 0 Å². The monoisotopic (exact) mass is 342 g/mol. The normalized spacial score (nSPS) is 19.3. The van der Waals surface area contributed by atoms with E-state index in [0.29, 0.717) is 30.8 Å². The molecule has 1 aromatic heterocycles. The number of anilines is 1. The summed E-state index contributed by atoms with van der Waals surface area (Å²) < 4.78 is 6.73. The Kier molecular flexibility index (Phi) is 5.71. The lowest BCUT2D eigenvalue weighted by Crippen LogP contribution is -2.37. The average molecular weight is 342 g/mol. The second-order valence-corrected chi connectivity index (χ2v) is 6.67. The zero-order valence-electron chi connectivity index (χ0n) is 14.9. The summed E-state index contributed by atoms with van der Waals surface area (Å²) in [5.41, 5.74) is 2.31. The van der Waals surface area contributed by atoms with Gasteiger partial charge in [-0.2, -0.15) is 5.10 Å². The fourth-order valence-corrected chi connectivity index (χ4v) is 3.27. The Bertz CT molecular complexity index is 693. The molecule has 1 aliphatic carbocycles. The molecule has 0 unspecified atom stereocenters. The predicted molar refractivity (Wildman–Crippen MR) is 97.7 cm³/mol. The molecule has 3 rings (SSSR count). The number of carbonyl (C=O) groups is 1. The minimum Gasteiger partial charge on any atom is -0.384 e. The van der Waals surface area contributed by atoms with Crippen molar-refractivity contribution >= 4 is 11.8 Å². The van der Waals surface area contributed by atoms with E-state index in [1.54, 1.807) is 11.8 Å². The molecule has 6 nitrogen and oxygen atoms in total. The van der Waals surface area contributed by atoms with Crippen molar-refractivity contribution < 1.29 is 9.53 Å². The van der Waals surface area contributed by atoms with Crippen LogP contribution >= 0.6 is 0 Å². The van der Waals surface area contributed by atoms with Crippen molar-refractivity contribution in [1.29, 1.82) is 0 Å². The summed E-state index contributed by atoms with van der Waals surface area (Å²) in [4.78, 5) is 12.1. The number of hydrogen-bond acceptors (Lipinski definition) is 3. The lowest BCUT2D eigenvalue weighted by atomic mass is 9.71. The summed E-state index contributed by atoms with van der Waals surface area (Å²) in [5, 5.41) is 10.2. The van der Waals surface area contributed by atoms with Crippen LogP contribution in [-0.4, -0.2) is 36.1 Å². The minimum absolute atomic E-state index is 0.176. The Hall–Kier alpha value is -2.34. The molecule has 2 amide bonds. The van der Waals surface area contributed by atoms with Crippen LogP contribution in [0.25, 0.3) is 0 Å². The molecule has 1 aliphatic rings. The van der Waals surface area contributed by atoms with Gasteiger partial charge < -0.3 is 10.1 Å². The molecule has 0 atom stereocenters. The lowest BCUT2D eigenvalue weighted by molar-refractivity contribution is 0.201. The van der Waals surface area contributed by atoms with Gasteiger partial charge >= 0.3 is 6.03 Å². The molecule has 1 heterocycles. The molecule has 25 heavy (non-hydrogen) atoms. The first-order valence-corrected chi connectivity index (χ1v) is 8.77. The number of hydrogen-bond donors (Lipinski definition) is 2. The van der Waals surface area contributed by atoms with E-state index in [1.807, 2.05) is 19.2 Å². The fraction of sp³-hybridized carbons (Fsp3) is 0.474. The second-order valence-electron chi connectivity index (χ2n) is 6.67. The number of amides is 2. The zero-order chi connectivity index (χ0) is 17.6. The van der Waals surface area contributed by atoms with Gasteiger partial charge in [-0.05, 0) is 30.2 Å². The number of methoxy groups -OCH3 is 1. The van der Waals surface area contributed by atoms with Gasteiger partial charge in [0.15, 0.2) is 0 Å². The highest BCUT2D eigenvalue weighted by Gasteiger charge is 2.30. The molecule has 134 valence electrons. The molecular weight excluding hydrogens is 316 g/mol. The number of aromatic nitrogens is 2. The van der Waals surface area contributed by atoms with Crippen molar-refractivity contribution in [1.82, 2.24) is 15.1 Å². The van der Waals surface area contributed by atoms with Crippen molar-refractivity contribution in [2.45, 2.75) is 25.2 Å². The molecule has 0 saturated heterocycles. The van der Waals surface area contributed by atoms with E-state index in [4.69, 9.17) is 4.74 Å². The molecule has 1 saturated carbocycles. The molecule has 1 fully saturated rings. The Balaban J connectivity index is 1.40. The summed E-state index contributed by atoms with van der Waals surface area (Å²) in [6, 6.07) is 12.3. The van der Waals surface area contributed by atoms with Crippen LogP contribution in [0.3, 0.4) is 0 Å². The molecule has 2 aromatic rings. The predicted octanol–water partition coefficient (Wildman–Crippen LogP) is 2.92. The zero-order valence-corrected chi connectivity index (χ0v) is 14.9. The summed E-state index contributed by atoms with van der Waals surface area (Å²) in [7, 11) is 3.49. The van der Waals surface area contributed by atoms with E-state index >= 15 is 0 Å². The van der Waals surface area contributed by atoms with Crippen LogP contribution in [0, 0.1) is 5.92 Å². The highest BCUT2D eigenvalue weighted by Crippen LogP contribution is 2.40. The summed E-state index contributed by atoms with van der Waals surface area (Å²) in [6.07, 6.45) is 3.00. The molecule has 6 heteroatoms. The molecule has 1 aromatic carbocycles. The number of urea groups is 1. The van der Waals surface area contributed by atoms with E-state index < -0.39 is 0 Å². The van der Waals surface area contributed by atoms with E-state index in [0.717, 1.165) is 25.0 Å². The summed E-state index contributed by atoms with van der Waals surface area (Å²) in [5.74, 6) is 1.88. The van der Waals surface area contributed by atoms with Crippen LogP contribution < -0.4 is 10.6 Å². The van der Waals surface area contributed by atoms with Gasteiger partial charge in [-0.1, -0.05) is 30.3 Å². The van der Waals surface area contributed by atoms with Gasteiger partial charge in [0.05, 0.1) is 12.3 Å². The highest BCUT2D eigenvalue weighted by molar-refractivity contribution is 5.88. The first-order chi connectivity index (χ1) is 12.2. The van der Waals surface area contributed by atoms with E-state index in [9.17, 15) is 4.79 Å². The number of aryl methyl sites for hydroxylation is 1. The number of nitrogens with one attached hydrogen (secondary N) is 2. The van der Waals surface area contributed by atoms with E-state index in [1.165, 1.54) is 5.56 Å². The van der Waals surface area contributed by atoms with Gasteiger partial charge in [0.2, 0.25) is 0 Å². The Labute approximate surface area is 148 Å².